The van der Waals surface area contributed by atoms with E-state index in [9.17, 15) is 4.79 Å². The van der Waals surface area contributed by atoms with Gasteiger partial charge in [-0.3, -0.25) is 4.79 Å². The fraction of sp³-hybridized carbons (Fsp3) is 0.0625. The van der Waals surface area contributed by atoms with Crippen molar-refractivity contribution in [1.29, 1.82) is 0 Å². The van der Waals surface area contributed by atoms with Gasteiger partial charge in [0.25, 0.3) is 0 Å². The Labute approximate surface area is 126 Å². The smallest absolute Gasteiger partial charge is 0.187 e. The third kappa shape index (κ3) is 3.14. The third-order valence-corrected chi connectivity index (χ3v) is 3.79. The van der Waals surface area contributed by atoms with Gasteiger partial charge in [-0.05, 0) is 25.1 Å². The first kappa shape index (κ1) is 13.5. The van der Waals surface area contributed by atoms with Gasteiger partial charge in [0.1, 0.15) is 0 Å². The molecular formula is C16H14N3OS+. The second kappa shape index (κ2) is 5.85. The van der Waals surface area contributed by atoms with Gasteiger partial charge in [-0.25, -0.2) is 9.97 Å². The molecule has 0 aliphatic heterocycles. The molecule has 0 atom stereocenters. The summed E-state index contributed by atoms with van der Waals surface area (Å²) in [6, 6.07) is 11.4. The van der Waals surface area contributed by atoms with Gasteiger partial charge in [-0.1, -0.05) is 12.1 Å². The normalized spacial score (nSPS) is 10.3. The summed E-state index contributed by atoms with van der Waals surface area (Å²) >= 11 is 1.53. The molecule has 1 aromatic carbocycles. The lowest BCUT2D eigenvalue weighted by Gasteiger charge is -2.03. The standard InChI is InChI=1S/C16H13N3OS/c1-11(20)12-4-2-6-14(8-12)18-16-19-15(10-21-16)13-5-3-7-17-9-13/h2-10H,1H3,(H,18,19)/p+1. The van der Waals surface area contributed by atoms with Crippen molar-refractivity contribution in [1.82, 2.24) is 4.98 Å². The molecule has 0 aliphatic carbocycles. The number of thiazole rings is 1. The number of benzene rings is 1. The number of nitrogens with zero attached hydrogens (tertiary/aromatic N) is 1. The molecule has 0 fully saturated rings. The Kier molecular flexibility index (Phi) is 3.75. The predicted octanol–water partition coefficient (Wildman–Crippen LogP) is 3.57. The van der Waals surface area contributed by atoms with Crippen molar-refractivity contribution in [3.63, 3.8) is 0 Å². The van der Waals surface area contributed by atoms with Crippen LogP contribution in [0.2, 0.25) is 0 Å². The van der Waals surface area contributed by atoms with E-state index in [1.54, 1.807) is 13.0 Å². The van der Waals surface area contributed by atoms with Gasteiger partial charge in [-0.15, -0.1) is 11.3 Å². The number of carbonyl (C=O) groups is 1. The van der Waals surface area contributed by atoms with E-state index in [2.05, 4.69) is 15.3 Å². The molecule has 2 heterocycles. The molecule has 3 rings (SSSR count). The molecule has 0 spiro atoms. The van der Waals surface area contributed by atoms with Crippen molar-refractivity contribution in [2.45, 2.75) is 6.92 Å². The molecule has 4 nitrogen and oxygen atoms in total. The minimum Gasteiger partial charge on any atom is -0.332 e. The molecule has 0 saturated carbocycles. The second-order valence-electron chi connectivity index (χ2n) is 4.59. The molecule has 0 aliphatic rings. The number of anilines is 2. The first-order valence-corrected chi connectivity index (χ1v) is 7.40. The van der Waals surface area contributed by atoms with E-state index < -0.39 is 0 Å². The van der Waals surface area contributed by atoms with E-state index in [0.717, 1.165) is 22.1 Å². The summed E-state index contributed by atoms with van der Waals surface area (Å²) in [5, 5.41) is 6.04. The summed E-state index contributed by atoms with van der Waals surface area (Å²) < 4.78 is 0. The van der Waals surface area contributed by atoms with Gasteiger partial charge in [0.2, 0.25) is 0 Å². The van der Waals surface area contributed by atoms with Crippen LogP contribution in [0.3, 0.4) is 0 Å². The highest BCUT2D eigenvalue weighted by Crippen LogP contribution is 2.26. The first-order chi connectivity index (χ1) is 10.2. The van der Waals surface area contributed by atoms with E-state index in [-0.39, 0.29) is 5.78 Å². The van der Waals surface area contributed by atoms with Crippen molar-refractivity contribution in [3.05, 3.63) is 59.7 Å². The van der Waals surface area contributed by atoms with Gasteiger partial charge < -0.3 is 5.32 Å². The zero-order valence-electron chi connectivity index (χ0n) is 11.5. The molecule has 2 N–H and O–H groups in total. The summed E-state index contributed by atoms with van der Waals surface area (Å²) in [7, 11) is 0. The summed E-state index contributed by atoms with van der Waals surface area (Å²) in [6.45, 7) is 1.56. The van der Waals surface area contributed by atoms with E-state index in [4.69, 9.17) is 0 Å². The Hall–Kier alpha value is -2.53. The zero-order valence-corrected chi connectivity index (χ0v) is 12.3. The molecule has 3 aromatic rings. The molecule has 0 saturated heterocycles. The maximum Gasteiger partial charge on any atom is 0.187 e. The van der Waals surface area contributed by atoms with Crippen LogP contribution in [0, 0.1) is 0 Å². The fourth-order valence-corrected chi connectivity index (χ4v) is 2.70. The lowest BCUT2D eigenvalue weighted by molar-refractivity contribution is -0.377. The number of Topliss-reactive ketones (excluding diaryl/α,β-unsaturated/α-hetero) is 1. The van der Waals surface area contributed by atoms with E-state index >= 15 is 0 Å². The number of hydrogen-bond donors (Lipinski definition) is 1. The highest BCUT2D eigenvalue weighted by Gasteiger charge is 2.07. The van der Waals surface area contributed by atoms with Crippen LogP contribution in [-0.2, 0) is 0 Å². The minimum atomic E-state index is 0.0540. The quantitative estimate of drug-likeness (QED) is 0.749. The van der Waals surface area contributed by atoms with Crippen molar-refractivity contribution in [3.8, 4) is 11.3 Å². The van der Waals surface area contributed by atoms with Gasteiger partial charge in [-0.2, -0.15) is 0 Å². The Morgan fingerprint density at radius 1 is 1.29 bits per heavy atom. The van der Waals surface area contributed by atoms with E-state index in [1.165, 1.54) is 11.3 Å². The number of pyridine rings is 1. The number of H-pyrrole nitrogens is 1. The summed E-state index contributed by atoms with van der Waals surface area (Å²) in [4.78, 5) is 19.0. The average Bonchev–Trinajstić information content (AvgIpc) is 2.97. The van der Waals surface area contributed by atoms with Crippen molar-refractivity contribution < 1.29 is 9.78 Å². The van der Waals surface area contributed by atoms with E-state index in [1.807, 2.05) is 48.1 Å². The number of ketones is 1. The van der Waals surface area contributed by atoms with Crippen LogP contribution >= 0.6 is 11.3 Å². The number of aromatic nitrogens is 2. The number of aromatic amines is 1. The van der Waals surface area contributed by atoms with Crippen LogP contribution in [0.5, 0.6) is 0 Å². The lowest BCUT2D eigenvalue weighted by Crippen LogP contribution is -1.98. The maximum absolute atomic E-state index is 11.4. The monoisotopic (exact) mass is 296 g/mol. The van der Waals surface area contributed by atoms with E-state index in [0.29, 0.717) is 5.56 Å². The minimum absolute atomic E-state index is 0.0540. The number of hydrogen-bond acceptors (Lipinski definition) is 4. The summed E-state index contributed by atoms with van der Waals surface area (Å²) in [6.07, 6.45) is 3.78. The molecular weight excluding hydrogens is 282 g/mol. The van der Waals surface area contributed by atoms with Gasteiger partial charge in [0.05, 0.1) is 11.3 Å². The molecule has 0 unspecified atom stereocenters. The molecule has 104 valence electrons. The SMILES string of the molecule is CC(=O)c1cccc(Nc2nc(-c3ccc[nH+]c3)cs2)c1. The Morgan fingerprint density at radius 2 is 2.19 bits per heavy atom. The second-order valence-corrected chi connectivity index (χ2v) is 5.45. The summed E-state index contributed by atoms with van der Waals surface area (Å²) in [5.74, 6) is 0.0540. The van der Waals surface area contributed by atoms with Crippen LogP contribution in [-0.4, -0.2) is 10.8 Å². The third-order valence-electron chi connectivity index (χ3n) is 3.03. The van der Waals surface area contributed by atoms with Crippen LogP contribution in [0.4, 0.5) is 10.8 Å². The molecule has 5 heteroatoms. The average molecular weight is 296 g/mol. The molecule has 0 amide bonds. The highest BCUT2D eigenvalue weighted by molar-refractivity contribution is 7.14. The largest absolute Gasteiger partial charge is 0.332 e. The Balaban J connectivity index is 1.82. The van der Waals surface area contributed by atoms with Crippen molar-refractivity contribution >= 4 is 27.9 Å². The Morgan fingerprint density at radius 3 is 2.95 bits per heavy atom. The summed E-state index contributed by atoms with van der Waals surface area (Å²) in [5.41, 5.74) is 3.51. The van der Waals surface area contributed by atoms with Gasteiger partial charge in [0.15, 0.2) is 23.3 Å². The predicted molar refractivity (Wildman–Crippen MR) is 83.8 cm³/mol. The topological polar surface area (TPSA) is 56.1 Å². The van der Waals surface area contributed by atoms with Crippen molar-refractivity contribution in [2.24, 2.45) is 0 Å². The number of rotatable bonds is 4. The fourth-order valence-electron chi connectivity index (χ4n) is 1.96. The maximum atomic E-state index is 11.4. The van der Waals surface area contributed by atoms with Crippen LogP contribution in [0.15, 0.2) is 54.2 Å². The van der Waals surface area contributed by atoms with Crippen molar-refractivity contribution in [2.75, 3.05) is 5.32 Å². The first-order valence-electron chi connectivity index (χ1n) is 6.52. The number of nitrogens with one attached hydrogen (secondary N) is 2. The Bertz CT molecular complexity index is 768. The van der Waals surface area contributed by atoms with Crippen LogP contribution in [0.1, 0.15) is 17.3 Å². The van der Waals surface area contributed by atoms with Crippen LogP contribution < -0.4 is 10.3 Å². The molecule has 21 heavy (non-hydrogen) atoms. The molecule has 0 bridgehead atoms. The van der Waals surface area contributed by atoms with Crippen LogP contribution in [0.25, 0.3) is 11.3 Å². The lowest BCUT2D eigenvalue weighted by atomic mass is 10.1. The van der Waals surface area contributed by atoms with Gasteiger partial charge in [0, 0.05) is 22.7 Å². The molecule has 0 radical (unpaired) electrons. The number of carbonyl (C=O) groups excluding carboxylic acids is 1. The zero-order chi connectivity index (χ0) is 14.7. The highest BCUT2D eigenvalue weighted by atomic mass is 32.1. The van der Waals surface area contributed by atoms with Gasteiger partial charge >= 0.3 is 0 Å². The molecule has 2 aromatic heterocycles.